The summed E-state index contributed by atoms with van der Waals surface area (Å²) < 4.78 is 6.63. The molecule has 11 heteroatoms. The van der Waals surface area contributed by atoms with Crippen LogP contribution in [0.4, 0.5) is 10.8 Å². The maximum Gasteiger partial charge on any atom is 0.404 e. The number of ether oxygens (including phenoxy) is 1. The number of anilines is 1. The van der Waals surface area contributed by atoms with Crippen LogP contribution >= 0.6 is 27.3 Å². The molecule has 0 saturated carbocycles. The van der Waals surface area contributed by atoms with Gasteiger partial charge in [-0.2, -0.15) is 4.68 Å². The van der Waals surface area contributed by atoms with Gasteiger partial charge in [-0.25, -0.2) is 4.79 Å². The van der Waals surface area contributed by atoms with Gasteiger partial charge in [0, 0.05) is 4.88 Å². The molecule has 2 aromatic rings. The summed E-state index contributed by atoms with van der Waals surface area (Å²) >= 11 is 4.50. The molecule has 1 aliphatic rings. The van der Waals surface area contributed by atoms with Crippen LogP contribution in [0.1, 0.15) is 39.8 Å². The van der Waals surface area contributed by atoms with Gasteiger partial charge in [0.25, 0.3) is 0 Å². The summed E-state index contributed by atoms with van der Waals surface area (Å²) in [5.41, 5.74) is 1.84. The molecule has 1 aliphatic carbocycles. The molecule has 0 radical (unpaired) electrons. The first-order valence-electron chi connectivity index (χ1n) is 8.32. The number of carbonyl (C=O) groups excluding carboxylic acids is 2. The quantitative estimate of drug-likeness (QED) is 0.405. The molecule has 0 fully saturated rings. The minimum absolute atomic E-state index is 0.205. The molecule has 1 amide bonds. The maximum absolute atomic E-state index is 12.5. The first kappa shape index (κ1) is 19.5. The number of carbonyl (C=O) groups is 2. The highest BCUT2D eigenvalue weighted by molar-refractivity contribution is 9.10. The Hall–Kier alpha value is -2.27. The molecule has 9 nitrogen and oxygen atoms in total. The normalized spacial score (nSPS) is 12.7. The second-order valence-electron chi connectivity index (χ2n) is 5.97. The molecule has 0 aromatic carbocycles. The highest BCUT2D eigenvalue weighted by atomic mass is 79.9. The molecule has 0 atom stereocenters. The topological polar surface area (TPSA) is 116 Å². The van der Waals surface area contributed by atoms with E-state index in [2.05, 4.69) is 26.3 Å². The van der Waals surface area contributed by atoms with E-state index in [9.17, 15) is 19.7 Å². The Kier molecular flexibility index (Phi) is 5.61. The zero-order valence-corrected chi connectivity index (χ0v) is 17.1. The van der Waals surface area contributed by atoms with Crippen LogP contribution in [0.5, 0.6) is 0 Å². The molecule has 144 valence electrons. The molecule has 2 heterocycles. The van der Waals surface area contributed by atoms with E-state index < -0.39 is 16.8 Å². The van der Waals surface area contributed by atoms with E-state index in [1.54, 1.807) is 13.8 Å². The number of hydrogen-bond acceptors (Lipinski definition) is 7. The second kappa shape index (κ2) is 7.77. The van der Waals surface area contributed by atoms with Crippen LogP contribution in [0.3, 0.4) is 0 Å². The van der Waals surface area contributed by atoms with Crippen molar-refractivity contribution in [2.75, 3.05) is 11.9 Å². The van der Waals surface area contributed by atoms with Crippen LogP contribution < -0.4 is 5.32 Å². The van der Waals surface area contributed by atoms with Gasteiger partial charge in [0.15, 0.2) is 0 Å². The molecule has 3 rings (SSSR count). The van der Waals surface area contributed by atoms with E-state index in [0.29, 0.717) is 16.3 Å². The molecule has 1 N–H and O–H groups in total. The molecule has 0 bridgehead atoms. The molecule has 0 unspecified atom stereocenters. The number of thiophene rings is 1. The Labute approximate surface area is 167 Å². The van der Waals surface area contributed by atoms with Crippen molar-refractivity contribution in [2.24, 2.45) is 0 Å². The largest absolute Gasteiger partial charge is 0.462 e. The number of aryl methyl sites for hydroxylation is 1. The molecular weight excluding hydrogens is 440 g/mol. The van der Waals surface area contributed by atoms with E-state index in [1.807, 2.05) is 0 Å². The lowest BCUT2D eigenvalue weighted by Crippen LogP contribution is -2.21. The Balaban J connectivity index is 1.82. The highest BCUT2D eigenvalue weighted by Crippen LogP contribution is 2.39. The summed E-state index contributed by atoms with van der Waals surface area (Å²) in [6.07, 6.45) is 2.64. The summed E-state index contributed by atoms with van der Waals surface area (Å²) in [4.78, 5) is 36.3. The summed E-state index contributed by atoms with van der Waals surface area (Å²) in [5.74, 6) is -1.21. The monoisotopic (exact) mass is 456 g/mol. The third-order valence-electron chi connectivity index (χ3n) is 4.24. The van der Waals surface area contributed by atoms with Gasteiger partial charge in [0.05, 0.1) is 23.0 Å². The fourth-order valence-corrected chi connectivity index (χ4v) is 4.72. The number of aromatic nitrogens is 2. The standard InChI is InChI=1S/C16H17BrN4O5S/c1-3-26-16(23)12-9-5-4-6-10(9)27-15(12)18-11(22)7-20-8(2)13(17)14(19-20)21(24)25/h3-7H2,1-2H3,(H,18,22). The van der Waals surface area contributed by atoms with Gasteiger partial charge in [-0.05, 0) is 59.5 Å². The molecule has 0 spiro atoms. The van der Waals surface area contributed by atoms with Gasteiger partial charge in [-0.3, -0.25) is 4.79 Å². The van der Waals surface area contributed by atoms with Crippen LogP contribution in [-0.4, -0.2) is 33.2 Å². The third kappa shape index (κ3) is 3.74. The number of nitrogens with zero attached hydrogens (tertiary/aromatic N) is 3. The summed E-state index contributed by atoms with van der Waals surface area (Å²) in [7, 11) is 0. The summed E-state index contributed by atoms with van der Waals surface area (Å²) in [6.45, 7) is 3.40. The predicted octanol–water partition coefficient (Wildman–Crippen LogP) is 3.23. The Morgan fingerprint density at radius 1 is 1.44 bits per heavy atom. The zero-order chi connectivity index (χ0) is 19.7. The lowest BCUT2D eigenvalue weighted by Gasteiger charge is -2.07. The van der Waals surface area contributed by atoms with Gasteiger partial charge in [0.1, 0.15) is 16.0 Å². The maximum atomic E-state index is 12.5. The first-order chi connectivity index (χ1) is 12.8. The number of rotatable bonds is 6. The average molecular weight is 457 g/mol. The third-order valence-corrected chi connectivity index (χ3v) is 6.37. The molecule has 27 heavy (non-hydrogen) atoms. The van der Waals surface area contributed by atoms with Crippen LogP contribution in [0.2, 0.25) is 0 Å². The van der Waals surface area contributed by atoms with E-state index >= 15 is 0 Å². The number of fused-ring (bicyclic) bond motifs is 1. The fraction of sp³-hybridized carbons (Fsp3) is 0.438. The SMILES string of the molecule is CCOC(=O)c1c(NC(=O)Cn2nc([N+](=O)[O-])c(Br)c2C)sc2c1CCC2. The van der Waals surface area contributed by atoms with Gasteiger partial charge < -0.3 is 20.2 Å². The summed E-state index contributed by atoms with van der Waals surface area (Å²) in [6, 6.07) is 0. The average Bonchev–Trinajstić information content (AvgIpc) is 3.24. The van der Waals surface area contributed by atoms with Crippen LogP contribution in [0, 0.1) is 17.0 Å². The minimum atomic E-state index is -0.617. The van der Waals surface area contributed by atoms with Gasteiger partial charge in [-0.15, -0.1) is 11.3 Å². The van der Waals surface area contributed by atoms with Gasteiger partial charge in [0.2, 0.25) is 5.91 Å². The number of nitro groups is 1. The predicted molar refractivity (Wildman–Crippen MR) is 102 cm³/mol. The smallest absolute Gasteiger partial charge is 0.404 e. The van der Waals surface area contributed by atoms with Gasteiger partial charge >= 0.3 is 11.8 Å². The van der Waals surface area contributed by atoms with E-state index in [0.717, 1.165) is 29.7 Å². The number of amides is 1. The van der Waals surface area contributed by atoms with Crippen molar-refractivity contribution in [3.63, 3.8) is 0 Å². The van der Waals surface area contributed by atoms with Crippen molar-refractivity contribution < 1.29 is 19.2 Å². The van der Waals surface area contributed by atoms with Crippen molar-refractivity contribution >= 4 is 50.0 Å². The Bertz CT molecular complexity index is 936. The van der Waals surface area contributed by atoms with Crippen LogP contribution in [0.25, 0.3) is 0 Å². The van der Waals surface area contributed by atoms with E-state index in [1.165, 1.54) is 16.0 Å². The number of esters is 1. The van der Waals surface area contributed by atoms with Crippen LogP contribution in [-0.2, 0) is 28.9 Å². The number of halogens is 1. The number of hydrogen-bond donors (Lipinski definition) is 1. The van der Waals surface area contributed by atoms with E-state index in [4.69, 9.17) is 4.74 Å². The van der Waals surface area contributed by atoms with Crippen molar-refractivity contribution in [3.05, 3.63) is 36.3 Å². The second-order valence-corrected chi connectivity index (χ2v) is 7.87. The first-order valence-corrected chi connectivity index (χ1v) is 9.93. The lowest BCUT2D eigenvalue weighted by molar-refractivity contribution is -0.390. The van der Waals surface area contributed by atoms with Gasteiger partial charge in [-0.1, -0.05) is 0 Å². The minimum Gasteiger partial charge on any atom is -0.462 e. The van der Waals surface area contributed by atoms with Crippen molar-refractivity contribution in [3.8, 4) is 0 Å². The zero-order valence-electron chi connectivity index (χ0n) is 14.7. The Morgan fingerprint density at radius 2 is 2.19 bits per heavy atom. The molecular formula is C16H17BrN4O5S. The molecule has 2 aromatic heterocycles. The highest BCUT2D eigenvalue weighted by Gasteiger charge is 2.29. The Morgan fingerprint density at radius 3 is 2.81 bits per heavy atom. The van der Waals surface area contributed by atoms with Crippen LogP contribution in [0.15, 0.2) is 4.47 Å². The van der Waals surface area contributed by atoms with Crippen molar-refractivity contribution in [1.29, 1.82) is 0 Å². The number of nitrogens with one attached hydrogen (secondary N) is 1. The van der Waals surface area contributed by atoms with E-state index in [-0.39, 0.29) is 23.4 Å². The summed E-state index contributed by atoms with van der Waals surface area (Å²) in [5, 5.41) is 18.0. The van der Waals surface area contributed by atoms with Crippen molar-refractivity contribution in [1.82, 2.24) is 9.78 Å². The van der Waals surface area contributed by atoms with Crippen molar-refractivity contribution in [2.45, 2.75) is 39.7 Å². The fourth-order valence-electron chi connectivity index (χ4n) is 2.99. The lowest BCUT2D eigenvalue weighted by atomic mass is 10.1. The molecule has 0 saturated heterocycles. The molecule has 0 aliphatic heterocycles.